The minimum atomic E-state index is -4.42. The topological polar surface area (TPSA) is 63.1 Å². The molecule has 1 aromatic carbocycles. The average Bonchev–Trinajstić information content (AvgIpc) is 3.16. The SMILES string of the molecule is CNc1cc(-c2cnn3c2C(=O)N(c2ccc(C(F)(F)F)cc2)C[C@@H]3C)ccn1. The van der Waals surface area contributed by atoms with Crippen molar-refractivity contribution < 1.29 is 18.0 Å². The summed E-state index contributed by atoms with van der Waals surface area (Å²) in [4.78, 5) is 18.9. The van der Waals surface area contributed by atoms with Crippen molar-refractivity contribution in [1.29, 1.82) is 0 Å². The third-order valence-corrected chi connectivity index (χ3v) is 4.94. The molecular weight excluding hydrogens is 383 g/mol. The number of anilines is 2. The van der Waals surface area contributed by atoms with Gasteiger partial charge in [0.1, 0.15) is 11.5 Å². The molecule has 1 atom stereocenters. The minimum Gasteiger partial charge on any atom is -0.373 e. The van der Waals surface area contributed by atoms with Gasteiger partial charge in [-0.2, -0.15) is 18.3 Å². The number of aromatic nitrogens is 3. The first-order chi connectivity index (χ1) is 13.8. The summed E-state index contributed by atoms with van der Waals surface area (Å²) in [5, 5.41) is 7.33. The standard InChI is InChI=1S/C20H18F3N5O/c1-12-11-27(15-5-3-14(4-6-15)20(21,22)23)19(29)18-16(10-26-28(12)18)13-7-8-25-17(9-13)24-2/h3-10,12H,11H2,1-2H3,(H,24,25)/t12-/m0/s1. The number of benzene rings is 1. The van der Waals surface area contributed by atoms with Gasteiger partial charge in [-0.3, -0.25) is 9.48 Å². The van der Waals surface area contributed by atoms with Gasteiger partial charge in [0, 0.05) is 31.0 Å². The van der Waals surface area contributed by atoms with Crippen molar-refractivity contribution in [1.82, 2.24) is 14.8 Å². The van der Waals surface area contributed by atoms with Crippen LogP contribution in [0.25, 0.3) is 11.1 Å². The van der Waals surface area contributed by atoms with E-state index in [1.807, 2.05) is 13.0 Å². The molecule has 3 aromatic rings. The summed E-state index contributed by atoms with van der Waals surface area (Å²) < 4.78 is 40.2. The van der Waals surface area contributed by atoms with E-state index in [-0.39, 0.29) is 11.9 Å². The van der Waals surface area contributed by atoms with Gasteiger partial charge in [-0.15, -0.1) is 0 Å². The van der Waals surface area contributed by atoms with Crippen LogP contribution in [0.4, 0.5) is 24.7 Å². The highest BCUT2D eigenvalue weighted by atomic mass is 19.4. The number of amides is 1. The van der Waals surface area contributed by atoms with Crippen molar-refractivity contribution in [3.8, 4) is 11.1 Å². The van der Waals surface area contributed by atoms with Gasteiger partial charge in [0.05, 0.1) is 17.8 Å². The number of nitrogens with zero attached hydrogens (tertiary/aromatic N) is 4. The highest BCUT2D eigenvalue weighted by molar-refractivity contribution is 6.09. The lowest BCUT2D eigenvalue weighted by molar-refractivity contribution is -0.137. The summed E-state index contributed by atoms with van der Waals surface area (Å²) in [6, 6.07) is 8.09. The van der Waals surface area contributed by atoms with Crippen molar-refractivity contribution in [2.45, 2.75) is 19.1 Å². The molecule has 150 valence electrons. The molecule has 0 saturated heterocycles. The molecule has 3 heterocycles. The largest absolute Gasteiger partial charge is 0.416 e. The van der Waals surface area contributed by atoms with Crippen molar-refractivity contribution in [2.24, 2.45) is 0 Å². The Morgan fingerprint density at radius 2 is 1.90 bits per heavy atom. The van der Waals surface area contributed by atoms with Crippen LogP contribution in [0, 0.1) is 0 Å². The lowest BCUT2D eigenvalue weighted by atomic mass is 10.0. The van der Waals surface area contributed by atoms with Gasteiger partial charge in [0.2, 0.25) is 0 Å². The van der Waals surface area contributed by atoms with Gasteiger partial charge in [-0.25, -0.2) is 4.98 Å². The number of fused-ring (bicyclic) bond motifs is 1. The van der Waals surface area contributed by atoms with Crippen LogP contribution in [0.5, 0.6) is 0 Å². The molecule has 0 aliphatic carbocycles. The van der Waals surface area contributed by atoms with Gasteiger partial charge in [-0.1, -0.05) is 0 Å². The summed E-state index contributed by atoms with van der Waals surface area (Å²) in [6.45, 7) is 2.23. The second-order valence-electron chi connectivity index (χ2n) is 6.84. The van der Waals surface area contributed by atoms with Gasteiger partial charge in [0.25, 0.3) is 5.91 Å². The molecule has 0 radical (unpaired) electrons. The Hall–Kier alpha value is -3.36. The third kappa shape index (κ3) is 3.32. The maximum absolute atomic E-state index is 13.3. The van der Waals surface area contributed by atoms with Crippen molar-refractivity contribution in [2.75, 3.05) is 23.8 Å². The lowest BCUT2D eigenvalue weighted by Gasteiger charge is -2.32. The van der Waals surface area contributed by atoms with Crippen molar-refractivity contribution >= 4 is 17.4 Å². The van der Waals surface area contributed by atoms with Gasteiger partial charge in [0.15, 0.2) is 0 Å². The van der Waals surface area contributed by atoms with Crippen LogP contribution in [0.15, 0.2) is 48.8 Å². The zero-order chi connectivity index (χ0) is 20.8. The molecule has 0 fully saturated rings. The first-order valence-corrected chi connectivity index (χ1v) is 9.00. The second-order valence-corrected chi connectivity index (χ2v) is 6.84. The van der Waals surface area contributed by atoms with Crippen LogP contribution < -0.4 is 10.2 Å². The number of carbonyl (C=O) groups excluding carboxylic acids is 1. The molecule has 0 spiro atoms. The molecule has 6 nitrogen and oxygen atoms in total. The fourth-order valence-corrected chi connectivity index (χ4v) is 3.46. The van der Waals surface area contributed by atoms with Crippen LogP contribution in [-0.4, -0.2) is 34.3 Å². The van der Waals surface area contributed by atoms with E-state index in [4.69, 9.17) is 0 Å². The van der Waals surface area contributed by atoms with Crippen molar-refractivity contribution in [3.05, 3.63) is 60.0 Å². The second kappa shape index (κ2) is 6.91. The van der Waals surface area contributed by atoms with Gasteiger partial charge < -0.3 is 10.2 Å². The summed E-state index contributed by atoms with van der Waals surface area (Å²) >= 11 is 0. The fourth-order valence-electron chi connectivity index (χ4n) is 3.46. The third-order valence-electron chi connectivity index (χ3n) is 4.94. The molecule has 2 aromatic heterocycles. The Labute approximate surface area is 165 Å². The maximum atomic E-state index is 13.3. The number of halogens is 3. The highest BCUT2D eigenvalue weighted by Crippen LogP contribution is 2.35. The number of rotatable bonds is 3. The number of hydrogen-bond acceptors (Lipinski definition) is 4. The van der Waals surface area contributed by atoms with Crippen LogP contribution in [-0.2, 0) is 6.18 Å². The maximum Gasteiger partial charge on any atom is 0.416 e. The zero-order valence-corrected chi connectivity index (χ0v) is 15.7. The molecule has 4 rings (SSSR count). The molecule has 0 unspecified atom stereocenters. The molecule has 1 aliphatic rings. The Morgan fingerprint density at radius 3 is 2.55 bits per heavy atom. The van der Waals surface area contributed by atoms with E-state index in [1.54, 1.807) is 30.2 Å². The van der Waals surface area contributed by atoms with Crippen LogP contribution in [0.1, 0.15) is 29.0 Å². The Morgan fingerprint density at radius 1 is 1.17 bits per heavy atom. The molecule has 0 bridgehead atoms. The summed E-state index contributed by atoms with van der Waals surface area (Å²) in [5.74, 6) is 0.344. The van der Waals surface area contributed by atoms with E-state index in [1.165, 1.54) is 17.0 Å². The number of pyridine rings is 1. The molecule has 1 N–H and O–H groups in total. The molecular formula is C20H18F3N5O. The number of alkyl halides is 3. The number of carbonyl (C=O) groups is 1. The van der Waals surface area contributed by atoms with E-state index in [0.29, 0.717) is 29.3 Å². The predicted octanol–water partition coefficient (Wildman–Crippen LogP) is 4.23. The molecule has 29 heavy (non-hydrogen) atoms. The summed E-state index contributed by atoms with van der Waals surface area (Å²) in [7, 11) is 1.75. The monoisotopic (exact) mass is 401 g/mol. The van der Waals surface area contributed by atoms with E-state index in [0.717, 1.165) is 17.7 Å². The van der Waals surface area contributed by atoms with E-state index < -0.39 is 11.7 Å². The van der Waals surface area contributed by atoms with E-state index in [2.05, 4.69) is 15.4 Å². The molecule has 9 heteroatoms. The van der Waals surface area contributed by atoms with Crippen LogP contribution in [0.2, 0.25) is 0 Å². The van der Waals surface area contributed by atoms with Gasteiger partial charge in [-0.05, 0) is 48.9 Å². The lowest BCUT2D eigenvalue weighted by Crippen LogP contribution is -2.42. The average molecular weight is 401 g/mol. The van der Waals surface area contributed by atoms with E-state index in [9.17, 15) is 18.0 Å². The minimum absolute atomic E-state index is 0.135. The summed E-state index contributed by atoms with van der Waals surface area (Å²) in [5.41, 5.74) is 1.49. The molecule has 1 aliphatic heterocycles. The quantitative estimate of drug-likeness (QED) is 0.714. The first kappa shape index (κ1) is 19.0. The molecule has 1 amide bonds. The molecule has 0 saturated carbocycles. The van der Waals surface area contributed by atoms with Crippen molar-refractivity contribution in [3.63, 3.8) is 0 Å². The zero-order valence-electron chi connectivity index (χ0n) is 15.7. The predicted molar refractivity (Wildman–Crippen MR) is 103 cm³/mol. The number of hydrogen-bond donors (Lipinski definition) is 1. The normalized spacial score (nSPS) is 16.7. The Bertz CT molecular complexity index is 1060. The Balaban J connectivity index is 1.74. The number of nitrogens with one attached hydrogen (secondary N) is 1. The summed E-state index contributed by atoms with van der Waals surface area (Å²) in [6.07, 6.45) is -1.15. The highest BCUT2D eigenvalue weighted by Gasteiger charge is 2.35. The van der Waals surface area contributed by atoms with Crippen LogP contribution in [0.3, 0.4) is 0 Å². The van der Waals surface area contributed by atoms with Gasteiger partial charge >= 0.3 is 6.18 Å². The smallest absolute Gasteiger partial charge is 0.373 e. The Kier molecular flexibility index (Phi) is 4.52. The fraction of sp³-hybridized carbons (Fsp3) is 0.250. The van der Waals surface area contributed by atoms with E-state index >= 15 is 0 Å². The first-order valence-electron chi connectivity index (χ1n) is 9.00. The van der Waals surface area contributed by atoms with Crippen LogP contribution >= 0.6 is 0 Å².